The normalized spacial score (nSPS) is 16.5. The molecule has 1 aromatic carbocycles. The molecule has 0 saturated heterocycles. The van der Waals surface area contributed by atoms with Crippen molar-refractivity contribution in [2.24, 2.45) is 0 Å². The Balaban J connectivity index is 2.05. The number of rotatable bonds is 6. The number of ether oxygens (including phenoxy) is 1. The first kappa shape index (κ1) is 13.7. The molecule has 1 aliphatic carbocycles. The Bertz CT molecular complexity index is 457. The monoisotopic (exact) mass is 261 g/mol. The Kier molecular flexibility index (Phi) is 4.00. The molecule has 0 heterocycles. The summed E-state index contributed by atoms with van der Waals surface area (Å²) in [6, 6.07) is 7.09. The van der Waals surface area contributed by atoms with E-state index in [9.17, 15) is 9.59 Å². The van der Waals surface area contributed by atoms with E-state index in [0.717, 1.165) is 31.4 Å². The second-order valence-corrected chi connectivity index (χ2v) is 5.10. The third kappa shape index (κ3) is 2.84. The Morgan fingerprint density at radius 1 is 1.37 bits per heavy atom. The largest absolute Gasteiger partial charge is 0.378 e. The number of Topliss-reactive ketones (excluding diaryl/α,β-unsaturated/α-hetero) is 1. The molecule has 4 nitrogen and oxygen atoms in total. The third-order valence-electron chi connectivity index (χ3n) is 3.94. The molecule has 1 saturated carbocycles. The first-order valence-electron chi connectivity index (χ1n) is 6.47. The summed E-state index contributed by atoms with van der Waals surface area (Å²) in [4.78, 5) is 24.3. The van der Waals surface area contributed by atoms with Gasteiger partial charge in [-0.3, -0.25) is 9.59 Å². The maximum atomic E-state index is 12.2. The van der Waals surface area contributed by atoms with E-state index < -0.39 is 0 Å². The zero-order chi connectivity index (χ0) is 13.9. The van der Waals surface area contributed by atoms with Gasteiger partial charge < -0.3 is 9.64 Å². The summed E-state index contributed by atoms with van der Waals surface area (Å²) >= 11 is 0. The average Bonchev–Trinajstić information content (AvgIpc) is 2.42. The summed E-state index contributed by atoms with van der Waals surface area (Å²) in [6.45, 7) is 0. The number of anilines is 1. The van der Waals surface area contributed by atoms with Crippen molar-refractivity contribution in [2.45, 2.75) is 31.3 Å². The van der Waals surface area contributed by atoms with Crippen molar-refractivity contribution in [1.82, 2.24) is 0 Å². The van der Waals surface area contributed by atoms with Gasteiger partial charge in [0, 0.05) is 31.8 Å². The molecule has 0 radical (unpaired) electrons. The van der Waals surface area contributed by atoms with Crippen molar-refractivity contribution in [3.8, 4) is 0 Å². The molecular weight excluding hydrogens is 242 g/mol. The highest BCUT2D eigenvalue weighted by atomic mass is 16.5. The molecular formula is C15H19NO3. The molecule has 0 atom stereocenters. The molecule has 19 heavy (non-hydrogen) atoms. The van der Waals surface area contributed by atoms with Crippen molar-refractivity contribution in [3.05, 3.63) is 29.8 Å². The fourth-order valence-corrected chi connectivity index (χ4v) is 2.36. The highest BCUT2D eigenvalue weighted by Crippen LogP contribution is 2.38. The first-order chi connectivity index (χ1) is 9.10. The summed E-state index contributed by atoms with van der Waals surface area (Å²) in [6.07, 6.45) is 4.23. The van der Waals surface area contributed by atoms with Crippen LogP contribution in [0.2, 0.25) is 0 Å². The Morgan fingerprint density at radius 2 is 2.00 bits per heavy atom. The second kappa shape index (κ2) is 5.53. The van der Waals surface area contributed by atoms with Crippen molar-refractivity contribution in [2.75, 3.05) is 19.1 Å². The van der Waals surface area contributed by atoms with E-state index in [1.54, 1.807) is 38.4 Å². The SMILES string of the molecule is COC1(CC(=O)c2ccc(N(C)C=O)cc2)CCC1. The van der Waals surface area contributed by atoms with Crippen LogP contribution in [0.4, 0.5) is 5.69 Å². The van der Waals surface area contributed by atoms with Gasteiger partial charge in [-0.25, -0.2) is 0 Å². The summed E-state index contributed by atoms with van der Waals surface area (Å²) in [7, 11) is 3.35. The summed E-state index contributed by atoms with van der Waals surface area (Å²) in [5.41, 5.74) is 1.21. The minimum Gasteiger partial charge on any atom is -0.378 e. The van der Waals surface area contributed by atoms with Gasteiger partial charge in [0.25, 0.3) is 0 Å². The molecule has 0 N–H and O–H groups in total. The smallest absolute Gasteiger partial charge is 0.213 e. The average molecular weight is 261 g/mol. The summed E-state index contributed by atoms with van der Waals surface area (Å²) in [5.74, 6) is 0.0989. The lowest BCUT2D eigenvalue weighted by atomic mass is 9.76. The van der Waals surface area contributed by atoms with Crippen molar-refractivity contribution >= 4 is 17.9 Å². The molecule has 4 heteroatoms. The number of benzene rings is 1. The zero-order valence-corrected chi connectivity index (χ0v) is 11.4. The maximum absolute atomic E-state index is 12.2. The number of hydrogen-bond acceptors (Lipinski definition) is 3. The van der Waals surface area contributed by atoms with Crippen LogP contribution >= 0.6 is 0 Å². The van der Waals surface area contributed by atoms with E-state index >= 15 is 0 Å². The van der Waals surface area contributed by atoms with Gasteiger partial charge in [0.1, 0.15) is 0 Å². The molecule has 0 aliphatic heterocycles. The molecule has 0 aromatic heterocycles. The lowest BCUT2D eigenvalue weighted by Crippen LogP contribution is -2.41. The van der Waals surface area contributed by atoms with Gasteiger partial charge in [0.2, 0.25) is 6.41 Å². The predicted molar refractivity (Wildman–Crippen MR) is 73.4 cm³/mol. The Hall–Kier alpha value is -1.68. The van der Waals surface area contributed by atoms with Gasteiger partial charge in [-0.05, 0) is 43.5 Å². The summed E-state index contributed by atoms with van der Waals surface area (Å²) in [5, 5.41) is 0. The number of nitrogens with zero attached hydrogens (tertiary/aromatic N) is 1. The number of ketones is 1. The molecule has 1 aromatic rings. The Labute approximate surface area is 113 Å². The van der Waals surface area contributed by atoms with Crippen molar-refractivity contribution in [3.63, 3.8) is 0 Å². The number of hydrogen-bond donors (Lipinski definition) is 0. The molecule has 0 spiro atoms. The molecule has 1 amide bonds. The third-order valence-corrected chi connectivity index (χ3v) is 3.94. The van der Waals surface area contributed by atoms with E-state index in [-0.39, 0.29) is 11.4 Å². The molecule has 0 unspecified atom stereocenters. The number of carbonyl (C=O) groups is 2. The summed E-state index contributed by atoms with van der Waals surface area (Å²) < 4.78 is 5.47. The van der Waals surface area contributed by atoms with Crippen LogP contribution in [0.1, 0.15) is 36.0 Å². The van der Waals surface area contributed by atoms with Crippen LogP contribution in [0.3, 0.4) is 0 Å². The second-order valence-electron chi connectivity index (χ2n) is 5.10. The van der Waals surface area contributed by atoms with Crippen LogP contribution < -0.4 is 4.90 Å². The Morgan fingerprint density at radius 3 is 2.42 bits per heavy atom. The standard InChI is InChI=1S/C15H19NO3/c1-16(11-17)13-6-4-12(5-7-13)14(18)10-15(19-2)8-3-9-15/h4-7,11H,3,8-10H2,1-2H3. The molecule has 1 fully saturated rings. The van der Waals surface area contributed by atoms with E-state index in [4.69, 9.17) is 4.74 Å². The van der Waals surface area contributed by atoms with E-state index in [0.29, 0.717) is 12.0 Å². The van der Waals surface area contributed by atoms with Gasteiger partial charge in [-0.15, -0.1) is 0 Å². The highest BCUT2D eigenvalue weighted by Gasteiger charge is 2.39. The number of carbonyl (C=O) groups excluding carboxylic acids is 2. The van der Waals surface area contributed by atoms with E-state index in [2.05, 4.69) is 0 Å². The minimum absolute atomic E-state index is 0.0989. The lowest BCUT2D eigenvalue weighted by molar-refractivity contribution is -0.107. The van der Waals surface area contributed by atoms with Crippen LogP contribution in [0.15, 0.2) is 24.3 Å². The predicted octanol–water partition coefficient (Wildman–Crippen LogP) is 2.42. The van der Waals surface area contributed by atoms with Gasteiger partial charge in [-0.1, -0.05) is 0 Å². The van der Waals surface area contributed by atoms with Crippen LogP contribution in [0, 0.1) is 0 Å². The van der Waals surface area contributed by atoms with Gasteiger partial charge in [0.15, 0.2) is 5.78 Å². The topological polar surface area (TPSA) is 46.6 Å². The highest BCUT2D eigenvalue weighted by molar-refractivity contribution is 5.97. The van der Waals surface area contributed by atoms with Gasteiger partial charge in [0.05, 0.1) is 5.60 Å². The van der Waals surface area contributed by atoms with Gasteiger partial charge in [-0.2, -0.15) is 0 Å². The van der Waals surface area contributed by atoms with Crippen LogP contribution in [-0.2, 0) is 9.53 Å². The van der Waals surface area contributed by atoms with Crippen molar-refractivity contribution in [1.29, 1.82) is 0 Å². The fourth-order valence-electron chi connectivity index (χ4n) is 2.36. The lowest BCUT2D eigenvalue weighted by Gasteiger charge is -2.40. The molecule has 2 rings (SSSR count). The number of methoxy groups -OCH3 is 1. The van der Waals surface area contributed by atoms with Crippen LogP contribution in [0.5, 0.6) is 0 Å². The van der Waals surface area contributed by atoms with Crippen LogP contribution in [0.25, 0.3) is 0 Å². The molecule has 102 valence electrons. The zero-order valence-electron chi connectivity index (χ0n) is 11.4. The number of amides is 1. The van der Waals surface area contributed by atoms with Gasteiger partial charge >= 0.3 is 0 Å². The van der Waals surface area contributed by atoms with E-state index in [1.807, 2.05) is 0 Å². The van der Waals surface area contributed by atoms with Crippen molar-refractivity contribution < 1.29 is 14.3 Å². The first-order valence-corrected chi connectivity index (χ1v) is 6.47. The molecule has 1 aliphatic rings. The fraction of sp³-hybridized carbons (Fsp3) is 0.467. The maximum Gasteiger partial charge on any atom is 0.213 e. The minimum atomic E-state index is -0.241. The molecule has 0 bridgehead atoms. The quantitative estimate of drug-likeness (QED) is 0.583. The van der Waals surface area contributed by atoms with E-state index in [1.165, 1.54) is 4.90 Å². The van der Waals surface area contributed by atoms with Crippen LogP contribution in [-0.4, -0.2) is 32.0 Å².